The molecule has 0 saturated heterocycles. The number of hydrogen-bond donors (Lipinski definition) is 1. The van der Waals surface area contributed by atoms with Gasteiger partial charge in [-0.3, -0.25) is 0 Å². The molecule has 1 aromatic heterocycles. The van der Waals surface area contributed by atoms with Gasteiger partial charge >= 0.3 is 0 Å². The number of nitrogens with one attached hydrogen (secondary N) is 1. The predicted octanol–water partition coefficient (Wildman–Crippen LogP) is 3.92. The van der Waals surface area contributed by atoms with E-state index < -0.39 is 0 Å². The minimum atomic E-state index is 0.354. The van der Waals surface area contributed by atoms with Crippen molar-refractivity contribution >= 4 is 11.3 Å². The molecule has 2 aromatic rings. The molecule has 18 heavy (non-hydrogen) atoms. The van der Waals surface area contributed by atoms with Crippen LogP contribution in [0, 0.1) is 20.8 Å². The Bertz CT molecular complexity index is 511. The summed E-state index contributed by atoms with van der Waals surface area (Å²) in [4.78, 5) is 4.47. The maximum Gasteiger partial charge on any atom is 0.107 e. The Morgan fingerprint density at radius 3 is 2.39 bits per heavy atom. The molecule has 0 spiro atoms. The van der Waals surface area contributed by atoms with Gasteiger partial charge in [0.05, 0.1) is 0 Å². The molecular weight excluding hydrogens is 240 g/mol. The first-order chi connectivity index (χ1) is 8.54. The minimum absolute atomic E-state index is 0.354. The van der Waals surface area contributed by atoms with Gasteiger partial charge in [0.1, 0.15) is 5.01 Å². The molecule has 1 unspecified atom stereocenters. The van der Waals surface area contributed by atoms with Crippen molar-refractivity contribution in [3.63, 3.8) is 0 Å². The van der Waals surface area contributed by atoms with Crippen LogP contribution in [0.1, 0.15) is 40.4 Å². The summed E-state index contributed by atoms with van der Waals surface area (Å²) < 4.78 is 0. The highest BCUT2D eigenvalue weighted by atomic mass is 32.1. The van der Waals surface area contributed by atoms with E-state index in [4.69, 9.17) is 0 Å². The first-order valence-electron chi connectivity index (χ1n) is 6.27. The molecule has 0 saturated carbocycles. The van der Waals surface area contributed by atoms with Gasteiger partial charge in [0.2, 0.25) is 0 Å². The molecule has 0 aliphatic rings. The maximum absolute atomic E-state index is 4.47. The van der Waals surface area contributed by atoms with Gasteiger partial charge in [-0.05, 0) is 33.3 Å². The van der Waals surface area contributed by atoms with Crippen molar-refractivity contribution in [2.24, 2.45) is 0 Å². The average Bonchev–Trinajstić information content (AvgIpc) is 2.70. The third-order valence-corrected chi connectivity index (χ3v) is 3.94. The zero-order valence-corrected chi connectivity index (χ0v) is 12.3. The Labute approximate surface area is 113 Å². The molecule has 3 heteroatoms. The number of benzene rings is 1. The first kappa shape index (κ1) is 13.2. The fraction of sp³-hybridized carbons (Fsp3) is 0.400. The highest BCUT2D eigenvalue weighted by Gasteiger charge is 2.07. The number of aryl methyl sites for hydroxylation is 3. The molecule has 0 bridgehead atoms. The van der Waals surface area contributed by atoms with E-state index >= 15 is 0 Å². The van der Waals surface area contributed by atoms with Gasteiger partial charge in [0, 0.05) is 23.7 Å². The molecule has 1 heterocycles. The minimum Gasteiger partial charge on any atom is -0.304 e. The maximum atomic E-state index is 4.47. The van der Waals surface area contributed by atoms with Crippen molar-refractivity contribution in [3.05, 3.63) is 51.0 Å². The normalized spacial score (nSPS) is 12.7. The van der Waals surface area contributed by atoms with Gasteiger partial charge in [0.25, 0.3) is 0 Å². The molecule has 1 N–H and O–H groups in total. The van der Waals surface area contributed by atoms with Crippen molar-refractivity contribution in [3.8, 4) is 0 Å². The van der Waals surface area contributed by atoms with Gasteiger partial charge in [-0.25, -0.2) is 4.98 Å². The largest absolute Gasteiger partial charge is 0.304 e. The van der Waals surface area contributed by atoms with Crippen LogP contribution in [0.4, 0.5) is 0 Å². The van der Waals surface area contributed by atoms with E-state index in [0.717, 1.165) is 17.2 Å². The van der Waals surface area contributed by atoms with Crippen LogP contribution >= 0.6 is 11.3 Å². The van der Waals surface area contributed by atoms with Crippen LogP contribution in [0.5, 0.6) is 0 Å². The van der Waals surface area contributed by atoms with Gasteiger partial charge in [-0.15, -0.1) is 11.3 Å². The Balaban J connectivity index is 2.01. The van der Waals surface area contributed by atoms with E-state index in [0.29, 0.717) is 6.04 Å². The molecule has 0 amide bonds. The molecule has 1 atom stereocenters. The van der Waals surface area contributed by atoms with Gasteiger partial charge < -0.3 is 5.32 Å². The summed E-state index contributed by atoms with van der Waals surface area (Å²) in [7, 11) is 0. The second kappa shape index (κ2) is 5.63. The van der Waals surface area contributed by atoms with Gasteiger partial charge in [-0.1, -0.05) is 29.3 Å². The van der Waals surface area contributed by atoms with Crippen LogP contribution in [0.3, 0.4) is 0 Å². The number of rotatable bonds is 4. The Kier molecular flexibility index (Phi) is 4.15. The van der Waals surface area contributed by atoms with E-state index in [9.17, 15) is 0 Å². The van der Waals surface area contributed by atoms with Crippen molar-refractivity contribution in [2.45, 2.75) is 40.3 Å². The molecule has 0 aliphatic carbocycles. The van der Waals surface area contributed by atoms with Crippen LogP contribution in [0.25, 0.3) is 0 Å². The van der Waals surface area contributed by atoms with Crippen LogP contribution in [0.2, 0.25) is 0 Å². The fourth-order valence-corrected chi connectivity index (χ4v) is 2.82. The zero-order chi connectivity index (χ0) is 13.1. The smallest absolute Gasteiger partial charge is 0.107 e. The van der Waals surface area contributed by atoms with Crippen molar-refractivity contribution in [2.75, 3.05) is 0 Å². The number of nitrogens with zero attached hydrogens (tertiary/aromatic N) is 1. The highest BCUT2D eigenvalue weighted by molar-refractivity contribution is 7.09. The van der Waals surface area contributed by atoms with E-state index in [2.05, 4.69) is 54.7 Å². The van der Waals surface area contributed by atoms with Crippen LogP contribution < -0.4 is 5.32 Å². The second-order valence-electron chi connectivity index (χ2n) is 4.91. The van der Waals surface area contributed by atoms with Crippen molar-refractivity contribution in [1.29, 1.82) is 0 Å². The molecule has 96 valence electrons. The Morgan fingerprint density at radius 1 is 1.17 bits per heavy atom. The van der Waals surface area contributed by atoms with Crippen molar-refractivity contribution in [1.82, 2.24) is 10.3 Å². The Hall–Kier alpha value is -1.19. The first-order valence-corrected chi connectivity index (χ1v) is 7.15. The molecule has 2 nitrogen and oxygen atoms in total. The SMILES string of the molecule is Cc1cc(C)cc(C(C)NCc2nc(C)cs2)c1. The average molecular weight is 260 g/mol. The summed E-state index contributed by atoms with van der Waals surface area (Å²) in [6, 6.07) is 7.06. The van der Waals surface area contributed by atoms with Gasteiger partial charge in [-0.2, -0.15) is 0 Å². The molecule has 2 rings (SSSR count). The Morgan fingerprint density at radius 2 is 1.83 bits per heavy atom. The molecule has 0 fully saturated rings. The van der Waals surface area contributed by atoms with Crippen LogP contribution in [0.15, 0.2) is 23.6 Å². The summed E-state index contributed by atoms with van der Waals surface area (Å²) in [5, 5.41) is 6.78. The quantitative estimate of drug-likeness (QED) is 0.901. The number of aromatic nitrogens is 1. The lowest BCUT2D eigenvalue weighted by Gasteiger charge is -2.14. The summed E-state index contributed by atoms with van der Waals surface area (Å²) >= 11 is 1.72. The highest BCUT2D eigenvalue weighted by Crippen LogP contribution is 2.17. The zero-order valence-electron chi connectivity index (χ0n) is 11.4. The van der Waals surface area contributed by atoms with Crippen LogP contribution in [-0.2, 0) is 6.54 Å². The van der Waals surface area contributed by atoms with E-state index in [1.165, 1.54) is 16.7 Å². The third-order valence-electron chi connectivity index (χ3n) is 2.97. The van der Waals surface area contributed by atoms with E-state index in [-0.39, 0.29) is 0 Å². The monoisotopic (exact) mass is 260 g/mol. The molecule has 0 radical (unpaired) electrons. The molecule has 1 aromatic carbocycles. The van der Waals surface area contributed by atoms with Gasteiger partial charge in [0.15, 0.2) is 0 Å². The van der Waals surface area contributed by atoms with E-state index in [1.54, 1.807) is 11.3 Å². The number of hydrogen-bond acceptors (Lipinski definition) is 3. The van der Waals surface area contributed by atoms with Crippen LogP contribution in [-0.4, -0.2) is 4.98 Å². The summed E-state index contributed by atoms with van der Waals surface area (Å²) in [6.45, 7) is 9.37. The molecule has 0 aliphatic heterocycles. The van der Waals surface area contributed by atoms with Crippen molar-refractivity contribution < 1.29 is 0 Å². The molecular formula is C15H20N2S. The second-order valence-corrected chi connectivity index (χ2v) is 5.85. The lowest BCUT2D eigenvalue weighted by molar-refractivity contribution is 0.572. The summed E-state index contributed by atoms with van der Waals surface area (Å²) in [5.41, 5.74) is 5.10. The summed E-state index contributed by atoms with van der Waals surface area (Å²) in [6.07, 6.45) is 0. The standard InChI is InChI=1S/C15H20N2S/c1-10-5-11(2)7-14(6-10)13(4)16-8-15-17-12(3)9-18-15/h5-7,9,13,16H,8H2,1-4H3. The predicted molar refractivity (Wildman–Crippen MR) is 78.0 cm³/mol. The lowest BCUT2D eigenvalue weighted by atomic mass is 10.0. The topological polar surface area (TPSA) is 24.9 Å². The fourth-order valence-electron chi connectivity index (χ4n) is 2.10. The lowest BCUT2D eigenvalue weighted by Crippen LogP contribution is -2.18. The number of thiazole rings is 1. The third kappa shape index (κ3) is 3.40. The van der Waals surface area contributed by atoms with E-state index in [1.807, 2.05) is 6.92 Å². The summed E-state index contributed by atoms with van der Waals surface area (Å²) in [5.74, 6) is 0.